The third-order valence-corrected chi connectivity index (χ3v) is 4.42. The summed E-state index contributed by atoms with van der Waals surface area (Å²) in [6, 6.07) is 13.0. The molecule has 0 saturated carbocycles. The van der Waals surface area contributed by atoms with Crippen molar-refractivity contribution in [3.63, 3.8) is 0 Å². The van der Waals surface area contributed by atoms with E-state index < -0.39 is 5.97 Å². The number of hydrogen-bond acceptors (Lipinski definition) is 6. The van der Waals surface area contributed by atoms with Crippen LogP contribution in [0.3, 0.4) is 0 Å². The standard InChI is InChI=1S/C22H28N2O5/c1-5-24(17-8-6-7-16(2)13-17)12-11-23-21(25)15-29-22(26)19-10-9-18(27-3)14-20(19)28-4/h6-10,13-14H,5,11-12,15H2,1-4H3,(H,23,25). The topological polar surface area (TPSA) is 77.1 Å². The number of aryl methyl sites for hydroxylation is 1. The molecule has 7 nitrogen and oxygen atoms in total. The molecule has 0 bridgehead atoms. The van der Waals surface area contributed by atoms with Crippen molar-refractivity contribution in [3.05, 3.63) is 53.6 Å². The van der Waals surface area contributed by atoms with Crippen LogP contribution in [0.1, 0.15) is 22.8 Å². The van der Waals surface area contributed by atoms with Gasteiger partial charge in [0.15, 0.2) is 6.61 Å². The van der Waals surface area contributed by atoms with Crippen molar-refractivity contribution in [2.24, 2.45) is 0 Å². The van der Waals surface area contributed by atoms with Crippen molar-refractivity contribution in [3.8, 4) is 11.5 Å². The second-order valence-corrected chi connectivity index (χ2v) is 6.41. The van der Waals surface area contributed by atoms with Gasteiger partial charge in [-0.25, -0.2) is 4.79 Å². The summed E-state index contributed by atoms with van der Waals surface area (Å²) in [6.45, 7) is 5.69. The van der Waals surface area contributed by atoms with Gasteiger partial charge in [0.2, 0.25) is 0 Å². The lowest BCUT2D eigenvalue weighted by molar-refractivity contribution is -0.124. The summed E-state index contributed by atoms with van der Waals surface area (Å²) in [5.41, 5.74) is 2.53. The van der Waals surface area contributed by atoms with Gasteiger partial charge in [0.1, 0.15) is 17.1 Å². The molecular formula is C22H28N2O5. The van der Waals surface area contributed by atoms with Crippen molar-refractivity contribution in [2.75, 3.05) is 45.4 Å². The maximum Gasteiger partial charge on any atom is 0.342 e. The molecule has 2 aromatic rings. The molecule has 0 aliphatic rings. The third-order valence-electron chi connectivity index (χ3n) is 4.42. The first-order valence-corrected chi connectivity index (χ1v) is 9.46. The maximum atomic E-state index is 12.2. The SMILES string of the molecule is CCN(CCNC(=O)COC(=O)c1ccc(OC)cc1OC)c1cccc(C)c1. The van der Waals surface area contributed by atoms with Gasteiger partial charge in [-0.2, -0.15) is 0 Å². The molecule has 156 valence electrons. The highest BCUT2D eigenvalue weighted by molar-refractivity contribution is 5.94. The Morgan fingerprint density at radius 1 is 1.07 bits per heavy atom. The van der Waals surface area contributed by atoms with Crippen molar-refractivity contribution in [2.45, 2.75) is 13.8 Å². The van der Waals surface area contributed by atoms with Gasteiger partial charge in [0.05, 0.1) is 14.2 Å². The predicted molar refractivity (Wildman–Crippen MR) is 112 cm³/mol. The van der Waals surface area contributed by atoms with Crippen LogP contribution in [0.2, 0.25) is 0 Å². The number of methoxy groups -OCH3 is 2. The van der Waals surface area contributed by atoms with E-state index in [1.807, 2.05) is 25.1 Å². The Morgan fingerprint density at radius 3 is 2.52 bits per heavy atom. The minimum absolute atomic E-state index is 0.234. The number of likely N-dealkylation sites (N-methyl/N-ethyl adjacent to an activating group) is 1. The molecule has 0 aliphatic heterocycles. The maximum absolute atomic E-state index is 12.2. The lowest BCUT2D eigenvalue weighted by Gasteiger charge is -2.23. The van der Waals surface area contributed by atoms with Crippen LogP contribution >= 0.6 is 0 Å². The van der Waals surface area contributed by atoms with Crippen molar-refractivity contribution < 1.29 is 23.8 Å². The summed E-state index contributed by atoms with van der Waals surface area (Å²) in [6.07, 6.45) is 0. The van der Waals surface area contributed by atoms with Gasteiger partial charge in [-0.05, 0) is 43.7 Å². The van der Waals surface area contributed by atoms with Crippen LogP contribution in [0.25, 0.3) is 0 Å². The van der Waals surface area contributed by atoms with E-state index in [0.717, 1.165) is 12.2 Å². The first kappa shape index (κ1) is 22.1. The molecule has 1 amide bonds. The summed E-state index contributed by atoms with van der Waals surface area (Å²) >= 11 is 0. The Kier molecular flexibility index (Phi) is 8.33. The summed E-state index contributed by atoms with van der Waals surface area (Å²) in [4.78, 5) is 26.4. The molecule has 0 aliphatic carbocycles. The molecule has 0 saturated heterocycles. The number of rotatable bonds is 10. The molecule has 0 spiro atoms. The fraction of sp³-hybridized carbons (Fsp3) is 0.364. The molecule has 0 heterocycles. The highest BCUT2D eigenvalue weighted by Gasteiger charge is 2.16. The van der Waals surface area contributed by atoms with Crippen LogP contribution < -0.4 is 19.7 Å². The van der Waals surface area contributed by atoms with Crippen molar-refractivity contribution in [1.29, 1.82) is 0 Å². The Balaban J connectivity index is 1.81. The van der Waals surface area contributed by atoms with Crippen LogP contribution in [0.5, 0.6) is 11.5 Å². The molecule has 0 radical (unpaired) electrons. The van der Waals surface area contributed by atoms with Gasteiger partial charge in [-0.15, -0.1) is 0 Å². The van der Waals surface area contributed by atoms with Gasteiger partial charge in [0.25, 0.3) is 5.91 Å². The van der Waals surface area contributed by atoms with Crippen LogP contribution in [-0.4, -0.2) is 52.3 Å². The lowest BCUT2D eigenvalue weighted by atomic mass is 10.2. The van der Waals surface area contributed by atoms with Crippen LogP contribution in [0, 0.1) is 6.92 Å². The molecular weight excluding hydrogens is 372 g/mol. The highest BCUT2D eigenvalue weighted by atomic mass is 16.5. The average Bonchev–Trinajstić information content (AvgIpc) is 2.74. The number of nitrogens with zero attached hydrogens (tertiary/aromatic N) is 1. The van der Waals surface area contributed by atoms with Crippen LogP contribution in [0.15, 0.2) is 42.5 Å². The van der Waals surface area contributed by atoms with Crippen molar-refractivity contribution in [1.82, 2.24) is 5.32 Å². The van der Waals surface area contributed by atoms with Gasteiger partial charge < -0.3 is 24.4 Å². The largest absolute Gasteiger partial charge is 0.497 e. The van der Waals surface area contributed by atoms with Crippen LogP contribution in [0.4, 0.5) is 5.69 Å². The molecule has 29 heavy (non-hydrogen) atoms. The van der Waals surface area contributed by atoms with Gasteiger partial charge >= 0.3 is 5.97 Å². The van der Waals surface area contributed by atoms with E-state index in [4.69, 9.17) is 14.2 Å². The smallest absolute Gasteiger partial charge is 0.342 e. The second kappa shape index (κ2) is 10.9. The zero-order chi connectivity index (χ0) is 21.2. The number of ether oxygens (including phenoxy) is 3. The fourth-order valence-electron chi connectivity index (χ4n) is 2.85. The summed E-state index contributed by atoms with van der Waals surface area (Å²) < 4.78 is 15.4. The van der Waals surface area contributed by atoms with E-state index in [2.05, 4.69) is 23.2 Å². The molecule has 2 aromatic carbocycles. The molecule has 0 atom stereocenters. The molecule has 2 rings (SSSR count). The molecule has 7 heteroatoms. The Bertz CT molecular complexity index is 838. The van der Waals surface area contributed by atoms with Gasteiger partial charge in [-0.3, -0.25) is 4.79 Å². The molecule has 1 N–H and O–H groups in total. The highest BCUT2D eigenvalue weighted by Crippen LogP contribution is 2.25. The Morgan fingerprint density at radius 2 is 1.86 bits per heavy atom. The zero-order valence-electron chi connectivity index (χ0n) is 17.4. The molecule has 0 unspecified atom stereocenters. The second-order valence-electron chi connectivity index (χ2n) is 6.41. The number of nitrogens with one attached hydrogen (secondary N) is 1. The van der Waals surface area contributed by atoms with E-state index in [9.17, 15) is 9.59 Å². The summed E-state index contributed by atoms with van der Waals surface area (Å²) in [5.74, 6) is -0.0996. The number of hydrogen-bond donors (Lipinski definition) is 1. The number of anilines is 1. The van der Waals surface area contributed by atoms with E-state index in [-0.39, 0.29) is 18.1 Å². The van der Waals surface area contributed by atoms with E-state index in [1.165, 1.54) is 19.8 Å². The first-order valence-electron chi connectivity index (χ1n) is 9.46. The number of carbonyl (C=O) groups excluding carboxylic acids is 2. The predicted octanol–water partition coefficient (Wildman–Crippen LogP) is 2.81. The lowest BCUT2D eigenvalue weighted by Crippen LogP contribution is -2.36. The average molecular weight is 400 g/mol. The summed E-state index contributed by atoms with van der Waals surface area (Å²) in [5, 5.41) is 2.78. The quantitative estimate of drug-likeness (QED) is 0.618. The Hall–Kier alpha value is -3.22. The first-order chi connectivity index (χ1) is 14.0. The van der Waals surface area contributed by atoms with E-state index in [1.54, 1.807) is 18.2 Å². The number of amides is 1. The number of esters is 1. The van der Waals surface area contributed by atoms with Crippen molar-refractivity contribution >= 4 is 17.6 Å². The van der Waals surface area contributed by atoms with E-state index >= 15 is 0 Å². The normalized spacial score (nSPS) is 10.2. The molecule has 0 aromatic heterocycles. The van der Waals surface area contributed by atoms with E-state index in [0.29, 0.717) is 24.6 Å². The monoisotopic (exact) mass is 400 g/mol. The zero-order valence-corrected chi connectivity index (χ0v) is 17.4. The fourth-order valence-corrected chi connectivity index (χ4v) is 2.85. The summed E-state index contributed by atoms with van der Waals surface area (Å²) in [7, 11) is 2.97. The number of benzene rings is 2. The minimum atomic E-state index is -0.630. The van der Waals surface area contributed by atoms with Crippen LogP contribution in [-0.2, 0) is 9.53 Å². The van der Waals surface area contributed by atoms with Gasteiger partial charge in [0, 0.05) is 31.4 Å². The minimum Gasteiger partial charge on any atom is -0.497 e. The molecule has 0 fully saturated rings. The van der Waals surface area contributed by atoms with Gasteiger partial charge in [-0.1, -0.05) is 12.1 Å². The number of carbonyl (C=O) groups is 2. The Labute approximate surface area is 171 Å². The third kappa shape index (κ3) is 6.41.